The molecule has 4 nitrogen and oxygen atoms in total. The second-order valence-corrected chi connectivity index (χ2v) is 6.90. The minimum absolute atomic E-state index is 0.0805. The Balaban J connectivity index is 1.85. The summed E-state index contributed by atoms with van der Waals surface area (Å²) in [4.78, 5) is 16.5. The zero-order valence-corrected chi connectivity index (χ0v) is 16.5. The molecule has 0 aliphatic rings. The summed E-state index contributed by atoms with van der Waals surface area (Å²) < 4.78 is 5.62. The molecule has 0 N–H and O–H groups in total. The number of rotatable bonds is 9. The van der Waals surface area contributed by atoms with Gasteiger partial charge in [0.05, 0.1) is 18.1 Å². The summed E-state index contributed by atoms with van der Waals surface area (Å²) in [5, 5.41) is 0.560. The quantitative estimate of drug-likeness (QED) is 0.658. The normalized spacial score (nSPS) is 10.8. The fourth-order valence-electron chi connectivity index (χ4n) is 2.68. The van der Waals surface area contributed by atoms with Crippen LogP contribution in [0.25, 0.3) is 0 Å². The molecule has 0 fully saturated rings. The Morgan fingerprint density at radius 3 is 2.19 bits per heavy atom. The molecule has 0 spiro atoms. The number of hydrogen-bond donors (Lipinski definition) is 0. The molecule has 2 rings (SSSR count). The standard InChI is InChI=1S/C21H27ClN2O2/c1-4-24(16-18-11-9-17(10-12-18)15-23(2)3)21(25)13-14-26-20-8-6-5-7-19(20)22/h5-12H,4,13-16H2,1-3H3. The Kier molecular flexibility index (Phi) is 7.95. The SMILES string of the molecule is CCN(Cc1ccc(CN(C)C)cc1)C(=O)CCOc1ccccc1Cl. The topological polar surface area (TPSA) is 32.8 Å². The summed E-state index contributed by atoms with van der Waals surface area (Å²) in [6.45, 7) is 4.51. The van der Waals surface area contributed by atoms with Crippen LogP contribution in [0.4, 0.5) is 0 Å². The van der Waals surface area contributed by atoms with Gasteiger partial charge in [0, 0.05) is 19.6 Å². The lowest BCUT2D eigenvalue weighted by Gasteiger charge is -2.21. The lowest BCUT2D eigenvalue weighted by atomic mass is 10.1. The second kappa shape index (κ2) is 10.2. The van der Waals surface area contributed by atoms with Gasteiger partial charge in [-0.25, -0.2) is 0 Å². The number of para-hydroxylation sites is 1. The molecule has 5 heteroatoms. The van der Waals surface area contributed by atoms with Crippen LogP contribution in [0.5, 0.6) is 5.75 Å². The van der Waals surface area contributed by atoms with Gasteiger partial charge >= 0.3 is 0 Å². The first-order valence-corrected chi connectivity index (χ1v) is 9.25. The number of carbonyl (C=O) groups excluding carboxylic acids is 1. The van der Waals surface area contributed by atoms with Crippen molar-refractivity contribution in [3.8, 4) is 5.75 Å². The van der Waals surface area contributed by atoms with Crippen LogP contribution < -0.4 is 4.74 Å². The van der Waals surface area contributed by atoms with Gasteiger partial charge < -0.3 is 14.5 Å². The number of hydrogen-bond acceptors (Lipinski definition) is 3. The fourth-order valence-corrected chi connectivity index (χ4v) is 2.87. The van der Waals surface area contributed by atoms with Gasteiger partial charge in [-0.1, -0.05) is 48.0 Å². The molecule has 26 heavy (non-hydrogen) atoms. The molecular formula is C21H27ClN2O2. The number of halogens is 1. The van der Waals surface area contributed by atoms with Crippen LogP contribution in [0.3, 0.4) is 0 Å². The van der Waals surface area contributed by atoms with E-state index in [-0.39, 0.29) is 5.91 Å². The van der Waals surface area contributed by atoms with Gasteiger partial charge in [0.15, 0.2) is 0 Å². The average molecular weight is 375 g/mol. The number of nitrogens with zero attached hydrogens (tertiary/aromatic N) is 2. The Morgan fingerprint density at radius 1 is 1.00 bits per heavy atom. The maximum atomic E-state index is 12.5. The maximum absolute atomic E-state index is 12.5. The Labute approximate surface area is 161 Å². The molecule has 0 heterocycles. The van der Waals surface area contributed by atoms with Crippen molar-refractivity contribution in [2.75, 3.05) is 27.2 Å². The van der Waals surface area contributed by atoms with Crippen molar-refractivity contribution in [2.24, 2.45) is 0 Å². The van der Waals surface area contributed by atoms with Crippen LogP contribution in [0.15, 0.2) is 48.5 Å². The minimum Gasteiger partial charge on any atom is -0.491 e. The molecule has 0 unspecified atom stereocenters. The Morgan fingerprint density at radius 2 is 1.62 bits per heavy atom. The molecule has 0 aliphatic carbocycles. The van der Waals surface area contributed by atoms with Crippen LogP contribution in [0.1, 0.15) is 24.5 Å². The van der Waals surface area contributed by atoms with E-state index in [1.807, 2.05) is 24.0 Å². The van der Waals surface area contributed by atoms with Crippen molar-refractivity contribution in [1.29, 1.82) is 0 Å². The largest absolute Gasteiger partial charge is 0.491 e. The molecule has 0 radical (unpaired) electrons. The molecule has 2 aromatic carbocycles. The third-order valence-corrected chi connectivity index (χ3v) is 4.35. The van der Waals surface area contributed by atoms with E-state index in [4.69, 9.17) is 16.3 Å². The van der Waals surface area contributed by atoms with Crippen LogP contribution in [-0.4, -0.2) is 43.0 Å². The molecule has 2 aromatic rings. The third-order valence-electron chi connectivity index (χ3n) is 4.04. The zero-order chi connectivity index (χ0) is 18.9. The summed E-state index contributed by atoms with van der Waals surface area (Å²) in [5.41, 5.74) is 2.40. The van der Waals surface area contributed by atoms with Crippen LogP contribution in [0, 0.1) is 0 Å². The van der Waals surface area contributed by atoms with Crippen LogP contribution in [0.2, 0.25) is 5.02 Å². The van der Waals surface area contributed by atoms with Crippen molar-refractivity contribution in [3.63, 3.8) is 0 Å². The first-order valence-electron chi connectivity index (χ1n) is 8.87. The van der Waals surface area contributed by atoms with E-state index in [0.29, 0.717) is 36.9 Å². The van der Waals surface area contributed by atoms with Crippen molar-refractivity contribution >= 4 is 17.5 Å². The van der Waals surface area contributed by atoms with E-state index >= 15 is 0 Å². The van der Waals surface area contributed by atoms with E-state index in [2.05, 4.69) is 43.3 Å². The molecule has 0 bridgehead atoms. The fraction of sp³-hybridized carbons (Fsp3) is 0.381. The molecule has 140 valence electrons. The summed E-state index contributed by atoms with van der Waals surface area (Å²) in [6.07, 6.45) is 0.331. The average Bonchev–Trinajstić information content (AvgIpc) is 2.62. The molecule has 0 atom stereocenters. The highest BCUT2D eigenvalue weighted by atomic mass is 35.5. The monoisotopic (exact) mass is 374 g/mol. The predicted molar refractivity (Wildman–Crippen MR) is 106 cm³/mol. The molecule has 0 aliphatic heterocycles. The van der Waals surface area contributed by atoms with Crippen molar-refractivity contribution in [1.82, 2.24) is 9.80 Å². The molecular weight excluding hydrogens is 348 g/mol. The lowest BCUT2D eigenvalue weighted by Crippen LogP contribution is -2.31. The first-order chi connectivity index (χ1) is 12.5. The van der Waals surface area contributed by atoms with Gasteiger partial charge in [-0.05, 0) is 44.3 Å². The number of carbonyl (C=O) groups is 1. The number of ether oxygens (including phenoxy) is 1. The highest BCUT2D eigenvalue weighted by Gasteiger charge is 2.13. The highest BCUT2D eigenvalue weighted by Crippen LogP contribution is 2.23. The van der Waals surface area contributed by atoms with E-state index in [0.717, 1.165) is 12.1 Å². The molecule has 0 aromatic heterocycles. The predicted octanol–water partition coefficient (Wildman–Crippen LogP) is 4.22. The van der Waals surface area contributed by atoms with Gasteiger partial charge in [-0.2, -0.15) is 0 Å². The highest BCUT2D eigenvalue weighted by molar-refractivity contribution is 6.32. The van der Waals surface area contributed by atoms with E-state index < -0.39 is 0 Å². The summed E-state index contributed by atoms with van der Waals surface area (Å²) in [5.74, 6) is 0.693. The van der Waals surface area contributed by atoms with E-state index in [1.54, 1.807) is 12.1 Å². The maximum Gasteiger partial charge on any atom is 0.226 e. The Bertz CT molecular complexity index is 701. The number of amides is 1. The first kappa shape index (κ1) is 20.3. The van der Waals surface area contributed by atoms with Gasteiger partial charge in [-0.15, -0.1) is 0 Å². The van der Waals surface area contributed by atoms with Gasteiger partial charge in [-0.3, -0.25) is 4.79 Å². The minimum atomic E-state index is 0.0805. The van der Waals surface area contributed by atoms with Gasteiger partial charge in [0.25, 0.3) is 0 Å². The zero-order valence-electron chi connectivity index (χ0n) is 15.7. The van der Waals surface area contributed by atoms with Gasteiger partial charge in [0.1, 0.15) is 5.75 Å². The van der Waals surface area contributed by atoms with Crippen LogP contribution >= 0.6 is 11.6 Å². The van der Waals surface area contributed by atoms with Crippen LogP contribution in [-0.2, 0) is 17.9 Å². The van der Waals surface area contributed by atoms with Crippen molar-refractivity contribution in [2.45, 2.75) is 26.4 Å². The molecule has 0 saturated heterocycles. The molecule has 0 saturated carbocycles. The van der Waals surface area contributed by atoms with Crippen molar-refractivity contribution < 1.29 is 9.53 Å². The van der Waals surface area contributed by atoms with E-state index in [1.165, 1.54) is 5.56 Å². The van der Waals surface area contributed by atoms with Gasteiger partial charge in [0.2, 0.25) is 5.91 Å². The van der Waals surface area contributed by atoms with Crippen molar-refractivity contribution in [3.05, 3.63) is 64.7 Å². The Hall–Kier alpha value is -2.04. The number of benzene rings is 2. The van der Waals surface area contributed by atoms with E-state index in [9.17, 15) is 4.79 Å². The summed E-state index contributed by atoms with van der Waals surface area (Å²) in [7, 11) is 4.10. The summed E-state index contributed by atoms with van der Waals surface area (Å²) in [6, 6.07) is 15.7. The smallest absolute Gasteiger partial charge is 0.226 e. The third kappa shape index (κ3) is 6.36. The summed E-state index contributed by atoms with van der Waals surface area (Å²) >= 11 is 6.06. The second-order valence-electron chi connectivity index (χ2n) is 6.49. The molecule has 1 amide bonds. The lowest BCUT2D eigenvalue weighted by molar-refractivity contribution is -0.132.